The molecule has 1 aliphatic heterocycles. The van der Waals surface area contributed by atoms with Crippen molar-refractivity contribution in [2.75, 3.05) is 19.6 Å². The lowest BCUT2D eigenvalue weighted by molar-refractivity contribution is 0.208. The van der Waals surface area contributed by atoms with Gasteiger partial charge in [0.15, 0.2) is 0 Å². The molecule has 0 aliphatic carbocycles. The molecule has 0 aromatic carbocycles. The van der Waals surface area contributed by atoms with Crippen LogP contribution in [0.5, 0.6) is 0 Å². The lowest BCUT2D eigenvalue weighted by Crippen LogP contribution is -2.46. The number of hydrogen-bond donors (Lipinski definition) is 2. The summed E-state index contributed by atoms with van der Waals surface area (Å²) in [4.78, 5) is 2.35. The summed E-state index contributed by atoms with van der Waals surface area (Å²) >= 11 is 0. The van der Waals surface area contributed by atoms with Gasteiger partial charge in [-0.15, -0.1) is 0 Å². The first kappa shape index (κ1) is 11.9. The smallest absolute Gasteiger partial charge is 0.274 e. The Kier molecular flexibility index (Phi) is 4.31. The Hall–Kier alpha value is -0.170. The van der Waals surface area contributed by atoms with E-state index in [0.29, 0.717) is 0 Å². The van der Waals surface area contributed by atoms with E-state index in [4.69, 9.17) is 5.14 Å². The van der Waals surface area contributed by atoms with Crippen molar-refractivity contribution in [3.8, 4) is 0 Å². The molecule has 0 atom stereocenters. The molecule has 0 aromatic rings. The maximum Gasteiger partial charge on any atom is 0.274 e. The number of likely N-dealkylation sites (tertiary alicyclic amines) is 1. The third-order valence-corrected chi connectivity index (χ3v) is 3.12. The molecule has 0 aromatic heterocycles. The molecular formula is C8H19N3O2S. The monoisotopic (exact) mass is 221 g/mol. The summed E-state index contributed by atoms with van der Waals surface area (Å²) in [5, 5.41) is 4.91. The second kappa shape index (κ2) is 5.06. The van der Waals surface area contributed by atoms with Crippen LogP contribution in [0.1, 0.15) is 26.2 Å². The SMILES string of the molecule is CCCN1CCC(NS(N)(=O)=O)CC1. The van der Waals surface area contributed by atoms with Crippen molar-refractivity contribution in [2.24, 2.45) is 5.14 Å². The largest absolute Gasteiger partial charge is 0.303 e. The van der Waals surface area contributed by atoms with Crippen LogP contribution in [0, 0.1) is 0 Å². The minimum absolute atomic E-state index is 0.0260. The second-order valence-electron chi connectivity index (χ2n) is 3.78. The van der Waals surface area contributed by atoms with E-state index in [-0.39, 0.29) is 6.04 Å². The molecule has 3 N–H and O–H groups in total. The highest BCUT2D eigenvalue weighted by Gasteiger charge is 2.20. The highest BCUT2D eigenvalue weighted by Crippen LogP contribution is 2.10. The lowest BCUT2D eigenvalue weighted by atomic mass is 10.1. The molecule has 6 heteroatoms. The van der Waals surface area contributed by atoms with E-state index in [1.165, 1.54) is 0 Å². The molecule has 1 fully saturated rings. The van der Waals surface area contributed by atoms with Gasteiger partial charge in [-0.25, -0.2) is 5.14 Å². The molecule has 1 rings (SSSR count). The van der Waals surface area contributed by atoms with Gasteiger partial charge in [-0.2, -0.15) is 13.1 Å². The molecule has 1 aliphatic rings. The first-order valence-electron chi connectivity index (χ1n) is 5.03. The number of hydrogen-bond acceptors (Lipinski definition) is 3. The molecule has 0 spiro atoms. The molecule has 0 radical (unpaired) electrons. The zero-order valence-electron chi connectivity index (χ0n) is 8.57. The molecule has 84 valence electrons. The summed E-state index contributed by atoms with van der Waals surface area (Å²) in [6.07, 6.45) is 2.86. The van der Waals surface area contributed by atoms with E-state index in [2.05, 4.69) is 16.5 Å². The van der Waals surface area contributed by atoms with Crippen molar-refractivity contribution < 1.29 is 8.42 Å². The van der Waals surface area contributed by atoms with Crippen LogP contribution in [-0.4, -0.2) is 39.0 Å². The van der Waals surface area contributed by atoms with Crippen molar-refractivity contribution in [2.45, 2.75) is 32.2 Å². The predicted octanol–water partition coefficient (Wildman–Crippen LogP) is -0.346. The molecule has 5 nitrogen and oxygen atoms in total. The average molecular weight is 221 g/mol. The first-order valence-corrected chi connectivity index (χ1v) is 6.58. The fourth-order valence-electron chi connectivity index (χ4n) is 1.82. The minimum Gasteiger partial charge on any atom is -0.303 e. The number of nitrogens with zero attached hydrogens (tertiary/aromatic N) is 1. The Morgan fingerprint density at radius 1 is 1.43 bits per heavy atom. The van der Waals surface area contributed by atoms with Gasteiger partial charge >= 0.3 is 0 Å². The second-order valence-corrected chi connectivity index (χ2v) is 5.10. The van der Waals surface area contributed by atoms with Crippen LogP contribution < -0.4 is 9.86 Å². The molecule has 0 unspecified atom stereocenters. The minimum atomic E-state index is -3.52. The van der Waals surface area contributed by atoms with Gasteiger partial charge in [0.1, 0.15) is 0 Å². The van der Waals surface area contributed by atoms with Gasteiger partial charge in [-0.3, -0.25) is 0 Å². The third kappa shape index (κ3) is 4.36. The molecular weight excluding hydrogens is 202 g/mol. The predicted molar refractivity (Wildman–Crippen MR) is 56.0 cm³/mol. The molecule has 0 saturated carbocycles. The van der Waals surface area contributed by atoms with Crippen LogP contribution in [0.4, 0.5) is 0 Å². The van der Waals surface area contributed by atoms with Crippen LogP contribution in [0.2, 0.25) is 0 Å². The highest BCUT2D eigenvalue weighted by molar-refractivity contribution is 7.87. The van der Waals surface area contributed by atoms with Crippen molar-refractivity contribution in [3.05, 3.63) is 0 Å². The zero-order valence-corrected chi connectivity index (χ0v) is 9.39. The van der Waals surface area contributed by atoms with Crippen LogP contribution in [-0.2, 0) is 10.2 Å². The van der Waals surface area contributed by atoms with Gasteiger partial charge in [0.25, 0.3) is 10.2 Å². The fourth-order valence-corrected chi connectivity index (χ4v) is 2.52. The topological polar surface area (TPSA) is 75.4 Å². The zero-order chi connectivity index (χ0) is 10.6. The Morgan fingerprint density at radius 3 is 2.43 bits per heavy atom. The maximum absolute atomic E-state index is 10.8. The van der Waals surface area contributed by atoms with Gasteiger partial charge in [0.05, 0.1) is 0 Å². The summed E-state index contributed by atoms with van der Waals surface area (Å²) < 4.78 is 24.0. The van der Waals surface area contributed by atoms with Gasteiger partial charge in [0, 0.05) is 6.04 Å². The fraction of sp³-hybridized carbons (Fsp3) is 1.00. The maximum atomic E-state index is 10.8. The van der Waals surface area contributed by atoms with Crippen LogP contribution >= 0.6 is 0 Å². The molecule has 0 bridgehead atoms. The Morgan fingerprint density at radius 2 is 2.00 bits per heavy atom. The third-order valence-electron chi connectivity index (χ3n) is 2.46. The number of piperidine rings is 1. The highest BCUT2D eigenvalue weighted by atomic mass is 32.2. The van der Waals surface area contributed by atoms with Crippen molar-refractivity contribution >= 4 is 10.2 Å². The molecule has 14 heavy (non-hydrogen) atoms. The average Bonchev–Trinajstić information content (AvgIpc) is 2.06. The standard InChI is InChI=1S/C8H19N3O2S/c1-2-5-11-6-3-8(4-7-11)10-14(9,12)13/h8,10H,2-7H2,1H3,(H2,9,12,13). The van der Waals surface area contributed by atoms with E-state index < -0.39 is 10.2 Å². The summed E-state index contributed by atoms with van der Waals surface area (Å²) in [6, 6.07) is 0.0260. The van der Waals surface area contributed by atoms with Gasteiger partial charge in [-0.05, 0) is 38.9 Å². The number of nitrogens with one attached hydrogen (secondary N) is 1. The van der Waals surface area contributed by atoms with Crippen LogP contribution in [0.3, 0.4) is 0 Å². The van der Waals surface area contributed by atoms with E-state index >= 15 is 0 Å². The quantitative estimate of drug-likeness (QED) is 0.681. The van der Waals surface area contributed by atoms with E-state index in [0.717, 1.165) is 38.9 Å². The van der Waals surface area contributed by atoms with Gasteiger partial charge < -0.3 is 4.90 Å². The van der Waals surface area contributed by atoms with Crippen molar-refractivity contribution in [1.29, 1.82) is 0 Å². The molecule has 1 heterocycles. The van der Waals surface area contributed by atoms with Gasteiger partial charge in [-0.1, -0.05) is 6.92 Å². The molecule has 1 saturated heterocycles. The Labute approximate surface area is 85.8 Å². The summed E-state index contributed by atoms with van der Waals surface area (Å²) in [5.41, 5.74) is 0. The van der Waals surface area contributed by atoms with E-state index in [1.807, 2.05) is 0 Å². The van der Waals surface area contributed by atoms with E-state index in [1.54, 1.807) is 0 Å². The first-order chi connectivity index (χ1) is 6.51. The van der Waals surface area contributed by atoms with Gasteiger partial charge in [0.2, 0.25) is 0 Å². The van der Waals surface area contributed by atoms with Crippen molar-refractivity contribution in [3.63, 3.8) is 0 Å². The summed E-state index contributed by atoms with van der Waals surface area (Å²) in [5.74, 6) is 0. The molecule has 0 amide bonds. The number of nitrogens with two attached hydrogens (primary N) is 1. The van der Waals surface area contributed by atoms with Crippen LogP contribution in [0.15, 0.2) is 0 Å². The Bertz CT molecular complexity index is 258. The normalized spacial score (nSPS) is 21.3. The van der Waals surface area contributed by atoms with Crippen molar-refractivity contribution in [1.82, 2.24) is 9.62 Å². The van der Waals surface area contributed by atoms with Crippen LogP contribution in [0.25, 0.3) is 0 Å². The Balaban J connectivity index is 2.29. The summed E-state index contributed by atoms with van der Waals surface area (Å²) in [7, 11) is -3.52. The van der Waals surface area contributed by atoms with E-state index in [9.17, 15) is 8.42 Å². The summed E-state index contributed by atoms with van der Waals surface area (Å²) in [6.45, 7) is 5.17. The number of rotatable bonds is 4. The lowest BCUT2D eigenvalue weighted by Gasteiger charge is -2.31.